The number of halogens is 4. The molecule has 5 nitrogen and oxygen atoms in total. The second-order valence-corrected chi connectivity index (χ2v) is 7.42. The van der Waals surface area contributed by atoms with Crippen LogP contribution in [0.2, 0.25) is 5.02 Å². The molecule has 0 saturated heterocycles. The molecule has 0 spiro atoms. The second-order valence-electron chi connectivity index (χ2n) is 5.25. The van der Waals surface area contributed by atoms with Crippen molar-refractivity contribution in [3.05, 3.63) is 58.9 Å². The summed E-state index contributed by atoms with van der Waals surface area (Å²) in [5.41, 5.74) is -0.0478. The molecule has 0 unspecified atom stereocenters. The average molecular weight is 407 g/mol. The summed E-state index contributed by atoms with van der Waals surface area (Å²) in [5.74, 6) is -3.34. The van der Waals surface area contributed by atoms with Crippen LogP contribution in [0.5, 0.6) is 0 Å². The first-order valence-corrected chi connectivity index (χ1v) is 9.25. The fraction of sp³-hybridized carbons (Fsp3) is 0.188. The third-order valence-corrected chi connectivity index (χ3v) is 4.99. The average Bonchev–Trinajstić information content (AvgIpc) is 2.54. The number of carbonyl (C=O) groups excluding carboxylic acids is 1. The van der Waals surface area contributed by atoms with Gasteiger partial charge in [0.1, 0.15) is 22.3 Å². The van der Waals surface area contributed by atoms with E-state index in [-0.39, 0.29) is 30.1 Å². The van der Waals surface area contributed by atoms with Crippen molar-refractivity contribution in [1.82, 2.24) is 4.72 Å². The highest BCUT2D eigenvalue weighted by Crippen LogP contribution is 2.19. The summed E-state index contributed by atoms with van der Waals surface area (Å²) in [7, 11) is -4.17. The highest BCUT2D eigenvalue weighted by atomic mass is 35.5. The number of sulfonamides is 1. The Morgan fingerprint density at radius 1 is 1.04 bits per heavy atom. The molecule has 2 rings (SSSR count). The minimum atomic E-state index is -4.17. The SMILES string of the molecule is O=C(CCCNS(=O)(=O)c1ccc(F)cc1F)Nc1ccc(Cl)cc1F. The van der Waals surface area contributed by atoms with Gasteiger partial charge in [0.05, 0.1) is 5.69 Å². The van der Waals surface area contributed by atoms with Crippen molar-refractivity contribution in [2.75, 3.05) is 11.9 Å². The molecule has 0 aliphatic heterocycles. The van der Waals surface area contributed by atoms with E-state index in [4.69, 9.17) is 11.6 Å². The molecule has 0 saturated carbocycles. The molecule has 2 aromatic carbocycles. The third-order valence-electron chi connectivity index (χ3n) is 3.26. The maximum Gasteiger partial charge on any atom is 0.243 e. The molecule has 26 heavy (non-hydrogen) atoms. The van der Waals surface area contributed by atoms with E-state index in [9.17, 15) is 26.4 Å². The monoisotopic (exact) mass is 406 g/mol. The van der Waals surface area contributed by atoms with Gasteiger partial charge in [-0.1, -0.05) is 11.6 Å². The van der Waals surface area contributed by atoms with Crippen LogP contribution in [-0.2, 0) is 14.8 Å². The van der Waals surface area contributed by atoms with Gasteiger partial charge in [-0.2, -0.15) is 0 Å². The second kappa shape index (κ2) is 8.52. The topological polar surface area (TPSA) is 75.3 Å². The van der Waals surface area contributed by atoms with Crippen LogP contribution < -0.4 is 10.0 Å². The summed E-state index contributed by atoms with van der Waals surface area (Å²) in [6.07, 6.45) is -0.0143. The van der Waals surface area contributed by atoms with Gasteiger partial charge in [0.2, 0.25) is 15.9 Å². The van der Waals surface area contributed by atoms with E-state index in [2.05, 4.69) is 10.0 Å². The van der Waals surface area contributed by atoms with Crippen LogP contribution in [0, 0.1) is 17.5 Å². The van der Waals surface area contributed by atoms with Gasteiger partial charge in [0.15, 0.2) is 0 Å². The van der Waals surface area contributed by atoms with Crippen molar-refractivity contribution < 1.29 is 26.4 Å². The van der Waals surface area contributed by atoms with Crippen LogP contribution in [0.3, 0.4) is 0 Å². The Morgan fingerprint density at radius 3 is 2.42 bits per heavy atom. The number of benzene rings is 2. The molecule has 1 amide bonds. The van der Waals surface area contributed by atoms with Crippen LogP contribution >= 0.6 is 11.6 Å². The Morgan fingerprint density at radius 2 is 1.77 bits per heavy atom. The van der Waals surface area contributed by atoms with Crippen molar-refractivity contribution in [3.63, 3.8) is 0 Å². The summed E-state index contributed by atoms with van der Waals surface area (Å²) in [4.78, 5) is 11.1. The lowest BCUT2D eigenvalue weighted by molar-refractivity contribution is -0.116. The summed E-state index contributed by atoms with van der Waals surface area (Å²) in [5, 5.41) is 2.51. The smallest absolute Gasteiger partial charge is 0.243 e. The molecular formula is C16H14ClF3N2O3S. The number of rotatable bonds is 7. The molecular weight excluding hydrogens is 393 g/mol. The maximum atomic E-state index is 13.6. The molecule has 0 atom stereocenters. The number of hydrogen-bond donors (Lipinski definition) is 2. The molecule has 0 aliphatic rings. The van der Waals surface area contributed by atoms with Crippen molar-refractivity contribution in [3.8, 4) is 0 Å². The Balaban J connectivity index is 1.84. The predicted molar refractivity (Wildman–Crippen MR) is 90.8 cm³/mol. The highest BCUT2D eigenvalue weighted by molar-refractivity contribution is 7.89. The largest absolute Gasteiger partial charge is 0.324 e. The van der Waals surface area contributed by atoms with Crippen LogP contribution in [0.1, 0.15) is 12.8 Å². The zero-order valence-corrected chi connectivity index (χ0v) is 14.8. The van der Waals surface area contributed by atoms with Crippen molar-refractivity contribution >= 4 is 33.2 Å². The number of anilines is 1. The first kappa shape index (κ1) is 20.2. The van der Waals surface area contributed by atoms with E-state index >= 15 is 0 Å². The third kappa shape index (κ3) is 5.45. The number of carbonyl (C=O) groups is 1. The van der Waals surface area contributed by atoms with Gasteiger partial charge in [-0.15, -0.1) is 0 Å². The van der Waals surface area contributed by atoms with Gasteiger partial charge in [-0.25, -0.2) is 26.3 Å². The summed E-state index contributed by atoms with van der Waals surface area (Å²) in [6.45, 7) is -0.157. The number of hydrogen-bond acceptors (Lipinski definition) is 3. The summed E-state index contributed by atoms with van der Waals surface area (Å²) in [6, 6.07) is 5.85. The number of amides is 1. The van der Waals surface area contributed by atoms with E-state index in [1.54, 1.807) is 0 Å². The lowest BCUT2D eigenvalue weighted by Crippen LogP contribution is -2.26. The van der Waals surface area contributed by atoms with Gasteiger partial charge < -0.3 is 5.32 Å². The van der Waals surface area contributed by atoms with E-state index in [1.807, 2.05) is 0 Å². The number of nitrogens with one attached hydrogen (secondary N) is 2. The van der Waals surface area contributed by atoms with Gasteiger partial charge in [0, 0.05) is 24.1 Å². The predicted octanol–water partition coefficient (Wildman–Crippen LogP) is 3.45. The molecule has 10 heteroatoms. The fourth-order valence-electron chi connectivity index (χ4n) is 2.03. The molecule has 0 heterocycles. The Bertz CT molecular complexity index is 923. The van der Waals surface area contributed by atoms with Crippen molar-refractivity contribution in [1.29, 1.82) is 0 Å². The van der Waals surface area contributed by atoms with E-state index in [0.717, 1.165) is 18.2 Å². The standard InChI is InChI=1S/C16H14ClF3N2O3S/c17-10-3-5-14(12(19)8-10)22-16(23)2-1-7-21-26(24,25)15-6-4-11(18)9-13(15)20/h3-6,8-9,21H,1-2,7H2,(H,22,23). The molecule has 2 N–H and O–H groups in total. The first-order chi connectivity index (χ1) is 12.2. The lowest BCUT2D eigenvalue weighted by Gasteiger charge is -2.09. The summed E-state index contributed by atoms with van der Waals surface area (Å²) >= 11 is 5.60. The Kier molecular flexibility index (Phi) is 6.63. The molecule has 0 bridgehead atoms. The first-order valence-electron chi connectivity index (χ1n) is 7.38. The van der Waals surface area contributed by atoms with Gasteiger partial charge in [0.25, 0.3) is 0 Å². The van der Waals surface area contributed by atoms with Crippen molar-refractivity contribution in [2.45, 2.75) is 17.7 Å². The van der Waals surface area contributed by atoms with Gasteiger partial charge in [-0.3, -0.25) is 4.79 Å². The zero-order valence-electron chi connectivity index (χ0n) is 13.2. The minimum Gasteiger partial charge on any atom is -0.324 e. The fourth-order valence-corrected chi connectivity index (χ4v) is 3.32. The van der Waals surface area contributed by atoms with E-state index in [0.29, 0.717) is 6.07 Å². The Hall–Kier alpha value is -2.10. The molecule has 2 aromatic rings. The highest BCUT2D eigenvalue weighted by Gasteiger charge is 2.19. The summed E-state index contributed by atoms with van der Waals surface area (Å²) < 4.78 is 65.9. The lowest BCUT2D eigenvalue weighted by atomic mass is 10.2. The van der Waals surface area contributed by atoms with E-state index in [1.165, 1.54) is 12.1 Å². The molecule has 0 aliphatic carbocycles. The molecule has 0 fully saturated rings. The normalized spacial score (nSPS) is 11.4. The maximum absolute atomic E-state index is 13.6. The Labute approximate surface area is 153 Å². The molecule has 0 radical (unpaired) electrons. The van der Waals surface area contributed by atoms with E-state index < -0.39 is 38.3 Å². The van der Waals surface area contributed by atoms with Crippen LogP contribution in [0.4, 0.5) is 18.9 Å². The van der Waals surface area contributed by atoms with Crippen LogP contribution in [0.25, 0.3) is 0 Å². The van der Waals surface area contributed by atoms with Gasteiger partial charge >= 0.3 is 0 Å². The quantitative estimate of drug-likeness (QED) is 0.691. The minimum absolute atomic E-state index is 0.0478. The van der Waals surface area contributed by atoms with Crippen LogP contribution in [-0.4, -0.2) is 20.9 Å². The molecule has 140 valence electrons. The van der Waals surface area contributed by atoms with Crippen molar-refractivity contribution in [2.24, 2.45) is 0 Å². The van der Waals surface area contributed by atoms with Gasteiger partial charge in [-0.05, 0) is 36.8 Å². The molecule has 0 aromatic heterocycles. The zero-order chi connectivity index (χ0) is 19.3. The van der Waals surface area contributed by atoms with Crippen LogP contribution in [0.15, 0.2) is 41.3 Å².